The van der Waals surface area contributed by atoms with Crippen LogP contribution in [0.4, 0.5) is 0 Å². The highest BCUT2D eigenvalue weighted by atomic mass is 35.5. The Balaban J connectivity index is 0.00000264. The molecule has 3 N–H and O–H groups in total. The van der Waals surface area contributed by atoms with Crippen molar-refractivity contribution in [2.75, 3.05) is 20.2 Å². The van der Waals surface area contributed by atoms with Crippen LogP contribution in [-0.4, -0.2) is 43.0 Å². The first kappa shape index (κ1) is 19.3. The summed E-state index contributed by atoms with van der Waals surface area (Å²) >= 11 is 0. The van der Waals surface area contributed by atoms with E-state index in [9.17, 15) is 9.59 Å². The third-order valence-electron chi connectivity index (χ3n) is 3.86. The van der Waals surface area contributed by atoms with Crippen LogP contribution in [0.1, 0.15) is 18.9 Å². The van der Waals surface area contributed by atoms with Crippen molar-refractivity contribution in [1.82, 2.24) is 10.2 Å². The molecule has 0 saturated carbocycles. The van der Waals surface area contributed by atoms with E-state index >= 15 is 0 Å². The van der Waals surface area contributed by atoms with Crippen molar-refractivity contribution in [1.29, 1.82) is 0 Å². The Bertz CT molecular complexity index is 536. The smallest absolute Gasteiger partial charge is 0.225 e. The maximum Gasteiger partial charge on any atom is 0.225 e. The second kappa shape index (κ2) is 8.74. The Morgan fingerprint density at radius 2 is 2.09 bits per heavy atom. The van der Waals surface area contributed by atoms with Gasteiger partial charge < -0.3 is 20.7 Å². The Hall–Kier alpha value is -1.79. The zero-order valence-electron chi connectivity index (χ0n) is 13.5. The average molecular weight is 342 g/mol. The molecule has 1 aliphatic heterocycles. The minimum absolute atomic E-state index is 0. The second-order valence-corrected chi connectivity index (χ2v) is 5.67. The number of halogens is 1. The molecule has 7 heteroatoms. The highest BCUT2D eigenvalue weighted by molar-refractivity contribution is 5.89. The van der Waals surface area contributed by atoms with Gasteiger partial charge in [0.1, 0.15) is 5.75 Å². The number of likely N-dealkylation sites (tertiary alicyclic amines) is 1. The lowest BCUT2D eigenvalue weighted by Crippen LogP contribution is -2.41. The topological polar surface area (TPSA) is 84.7 Å². The van der Waals surface area contributed by atoms with Gasteiger partial charge in [-0.2, -0.15) is 0 Å². The molecule has 2 rings (SSSR count). The summed E-state index contributed by atoms with van der Waals surface area (Å²) < 4.78 is 5.11. The Kier molecular flexibility index (Phi) is 7.32. The van der Waals surface area contributed by atoms with Crippen LogP contribution in [-0.2, 0) is 16.1 Å². The van der Waals surface area contributed by atoms with E-state index in [1.165, 1.54) is 0 Å². The number of nitrogens with two attached hydrogens (primary N) is 1. The molecule has 0 spiro atoms. The summed E-state index contributed by atoms with van der Waals surface area (Å²) in [5.74, 6) is 0.407. The lowest BCUT2D eigenvalue weighted by molar-refractivity contribution is -0.129. The summed E-state index contributed by atoms with van der Waals surface area (Å²) in [7, 11) is 1.62. The number of nitrogens with one attached hydrogen (secondary N) is 1. The highest BCUT2D eigenvalue weighted by Gasteiger charge is 2.34. The Labute approximate surface area is 142 Å². The Morgan fingerprint density at radius 1 is 1.43 bits per heavy atom. The molecule has 1 aliphatic rings. The predicted molar refractivity (Wildman–Crippen MR) is 90.4 cm³/mol. The van der Waals surface area contributed by atoms with Crippen LogP contribution < -0.4 is 15.8 Å². The highest BCUT2D eigenvalue weighted by Crippen LogP contribution is 2.21. The summed E-state index contributed by atoms with van der Waals surface area (Å²) in [4.78, 5) is 25.9. The number of methoxy groups -OCH3 is 1. The third kappa shape index (κ3) is 5.11. The predicted octanol–water partition coefficient (Wildman–Crippen LogP) is 0.929. The van der Waals surface area contributed by atoms with Crippen molar-refractivity contribution < 1.29 is 14.3 Å². The first-order valence-corrected chi connectivity index (χ1v) is 7.44. The first-order valence-electron chi connectivity index (χ1n) is 7.44. The van der Waals surface area contributed by atoms with Crippen molar-refractivity contribution >= 4 is 24.2 Å². The minimum atomic E-state index is -0.292. The molecule has 6 nitrogen and oxygen atoms in total. The van der Waals surface area contributed by atoms with Gasteiger partial charge in [0.15, 0.2) is 0 Å². The van der Waals surface area contributed by atoms with E-state index in [0.717, 1.165) is 11.3 Å². The van der Waals surface area contributed by atoms with Crippen molar-refractivity contribution in [2.45, 2.75) is 25.9 Å². The van der Waals surface area contributed by atoms with E-state index in [4.69, 9.17) is 10.5 Å². The van der Waals surface area contributed by atoms with Gasteiger partial charge in [-0.25, -0.2) is 0 Å². The van der Waals surface area contributed by atoms with Gasteiger partial charge in [0.2, 0.25) is 11.8 Å². The van der Waals surface area contributed by atoms with Crippen molar-refractivity contribution in [2.24, 2.45) is 11.7 Å². The standard InChI is InChI=1S/C16H23N3O3.ClH/c1-11(8-17)18-16(21)13-7-15(20)19(10-13)9-12-3-5-14(22-2)6-4-12;/h3-6,11,13H,7-10,17H2,1-2H3,(H,18,21);1H/t11-,13?;/m0./s1. The molecule has 1 aromatic carbocycles. The van der Waals surface area contributed by atoms with Crippen LogP contribution in [0.15, 0.2) is 24.3 Å². The van der Waals surface area contributed by atoms with E-state index in [0.29, 0.717) is 19.6 Å². The summed E-state index contributed by atoms with van der Waals surface area (Å²) in [6, 6.07) is 7.51. The summed E-state index contributed by atoms with van der Waals surface area (Å²) in [5, 5.41) is 2.83. The molecule has 0 radical (unpaired) electrons. The molecule has 23 heavy (non-hydrogen) atoms. The molecule has 1 saturated heterocycles. The molecule has 128 valence electrons. The summed E-state index contributed by atoms with van der Waals surface area (Å²) in [5.41, 5.74) is 6.52. The third-order valence-corrected chi connectivity index (χ3v) is 3.86. The van der Waals surface area contributed by atoms with Gasteiger partial charge in [0.25, 0.3) is 0 Å². The molecule has 2 atom stereocenters. The zero-order valence-corrected chi connectivity index (χ0v) is 14.3. The number of amides is 2. The number of carbonyl (C=O) groups excluding carboxylic acids is 2. The molecule has 0 bridgehead atoms. The van der Waals surface area contributed by atoms with Gasteiger partial charge in [0.05, 0.1) is 13.0 Å². The fourth-order valence-electron chi connectivity index (χ4n) is 2.47. The molecule has 0 aromatic heterocycles. The molecule has 1 unspecified atom stereocenters. The molecule has 1 fully saturated rings. The van der Waals surface area contributed by atoms with Crippen LogP contribution in [0.25, 0.3) is 0 Å². The zero-order chi connectivity index (χ0) is 16.1. The number of nitrogens with zero attached hydrogens (tertiary/aromatic N) is 1. The average Bonchev–Trinajstić information content (AvgIpc) is 2.89. The largest absolute Gasteiger partial charge is 0.497 e. The molecular weight excluding hydrogens is 318 g/mol. The van der Waals surface area contributed by atoms with E-state index in [2.05, 4.69) is 5.32 Å². The van der Waals surface area contributed by atoms with Crippen molar-refractivity contribution in [3.63, 3.8) is 0 Å². The van der Waals surface area contributed by atoms with Gasteiger partial charge in [-0.3, -0.25) is 9.59 Å². The number of ether oxygens (including phenoxy) is 1. The SMILES string of the molecule is COc1ccc(CN2CC(C(=O)N[C@@H](C)CN)CC2=O)cc1.Cl. The molecular formula is C16H24ClN3O3. The van der Waals surface area contributed by atoms with Crippen LogP contribution in [0, 0.1) is 5.92 Å². The van der Waals surface area contributed by atoms with E-state index in [1.54, 1.807) is 12.0 Å². The molecule has 1 heterocycles. The van der Waals surface area contributed by atoms with E-state index in [1.807, 2.05) is 31.2 Å². The molecule has 0 aliphatic carbocycles. The minimum Gasteiger partial charge on any atom is -0.497 e. The quantitative estimate of drug-likeness (QED) is 0.806. The second-order valence-electron chi connectivity index (χ2n) is 5.67. The summed E-state index contributed by atoms with van der Waals surface area (Å²) in [6.45, 7) is 3.21. The van der Waals surface area contributed by atoms with E-state index in [-0.39, 0.29) is 42.6 Å². The number of hydrogen-bond acceptors (Lipinski definition) is 4. The van der Waals surface area contributed by atoms with Gasteiger partial charge in [-0.1, -0.05) is 12.1 Å². The monoisotopic (exact) mass is 341 g/mol. The molecule has 1 aromatic rings. The fourth-order valence-corrected chi connectivity index (χ4v) is 2.47. The fraction of sp³-hybridized carbons (Fsp3) is 0.500. The van der Waals surface area contributed by atoms with Crippen LogP contribution in [0.2, 0.25) is 0 Å². The van der Waals surface area contributed by atoms with Crippen LogP contribution in [0.3, 0.4) is 0 Å². The number of benzene rings is 1. The van der Waals surface area contributed by atoms with Crippen LogP contribution >= 0.6 is 12.4 Å². The van der Waals surface area contributed by atoms with Gasteiger partial charge >= 0.3 is 0 Å². The number of rotatable bonds is 6. The van der Waals surface area contributed by atoms with Gasteiger partial charge in [-0.15, -0.1) is 12.4 Å². The first-order chi connectivity index (χ1) is 10.5. The lowest BCUT2D eigenvalue weighted by atomic mass is 10.1. The van der Waals surface area contributed by atoms with Crippen molar-refractivity contribution in [3.05, 3.63) is 29.8 Å². The number of hydrogen-bond donors (Lipinski definition) is 2. The van der Waals surface area contributed by atoms with E-state index < -0.39 is 0 Å². The summed E-state index contributed by atoms with van der Waals surface area (Å²) in [6.07, 6.45) is 0.263. The molecule has 2 amide bonds. The maximum absolute atomic E-state index is 12.1. The lowest BCUT2D eigenvalue weighted by Gasteiger charge is -2.18. The van der Waals surface area contributed by atoms with Gasteiger partial charge in [0, 0.05) is 32.1 Å². The van der Waals surface area contributed by atoms with Gasteiger partial charge in [-0.05, 0) is 24.6 Å². The van der Waals surface area contributed by atoms with Crippen LogP contribution in [0.5, 0.6) is 5.75 Å². The maximum atomic E-state index is 12.1. The normalized spacial score (nSPS) is 18.3. The number of carbonyl (C=O) groups is 2. The Morgan fingerprint density at radius 3 is 2.65 bits per heavy atom. The van der Waals surface area contributed by atoms with Crippen molar-refractivity contribution in [3.8, 4) is 5.75 Å².